The van der Waals surface area contributed by atoms with Crippen molar-refractivity contribution in [2.75, 3.05) is 13.1 Å². The van der Waals surface area contributed by atoms with Crippen LogP contribution < -0.4 is 11.1 Å². The van der Waals surface area contributed by atoms with E-state index in [1.165, 1.54) is 22.4 Å². The number of carbonyl (C=O) groups is 4. The minimum Gasteiger partial charge on any atom is -0.384 e. The van der Waals surface area contributed by atoms with E-state index in [9.17, 15) is 19.2 Å². The number of nitrogen functional groups attached to an aromatic ring is 1. The van der Waals surface area contributed by atoms with E-state index in [1.807, 2.05) is 6.07 Å². The number of carbonyl (C=O) groups excluding carboxylic acids is 4. The van der Waals surface area contributed by atoms with Crippen LogP contribution in [0.4, 0.5) is 0 Å². The summed E-state index contributed by atoms with van der Waals surface area (Å²) in [5.74, 6) is -1.44. The molecule has 0 aliphatic carbocycles. The van der Waals surface area contributed by atoms with Crippen molar-refractivity contribution < 1.29 is 19.2 Å². The second-order valence-corrected chi connectivity index (χ2v) is 12.3. The molecule has 0 saturated carbocycles. The third kappa shape index (κ3) is 6.90. The molecule has 43 heavy (non-hydrogen) atoms. The van der Waals surface area contributed by atoms with Crippen LogP contribution in [0.25, 0.3) is 0 Å². The summed E-state index contributed by atoms with van der Waals surface area (Å²) < 4.78 is 0. The average Bonchev–Trinajstić information content (AvgIpc) is 3.68. The number of aromatic nitrogens is 1. The van der Waals surface area contributed by atoms with Gasteiger partial charge in [-0.1, -0.05) is 47.5 Å². The number of nitrogens with one attached hydrogen (secondary N) is 2. The van der Waals surface area contributed by atoms with E-state index >= 15 is 0 Å². The van der Waals surface area contributed by atoms with Crippen LogP contribution >= 0.6 is 34.5 Å². The number of benzene rings is 2. The van der Waals surface area contributed by atoms with Crippen LogP contribution in [0, 0.1) is 5.41 Å². The quantitative estimate of drug-likeness (QED) is 0.166. The summed E-state index contributed by atoms with van der Waals surface area (Å²) in [6.07, 6.45) is 3.63. The second kappa shape index (κ2) is 13.2. The van der Waals surface area contributed by atoms with Gasteiger partial charge in [0.15, 0.2) is 5.01 Å². The number of amidine groups is 1. The van der Waals surface area contributed by atoms with Crippen LogP contribution in [0.3, 0.4) is 0 Å². The Labute approximate surface area is 262 Å². The molecule has 2 aliphatic rings. The summed E-state index contributed by atoms with van der Waals surface area (Å²) in [6, 6.07) is 9.76. The second-order valence-electron chi connectivity index (χ2n) is 10.6. The molecule has 4 N–H and O–H groups in total. The van der Waals surface area contributed by atoms with Crippen molar-refractivity contribution in [1.82, 2.24) is 20.1 Å². The molecule has 0 bridgehead atoms. The Balaban J connectivity index is 1.25. The number of nitrogens with zero attached hydrogens (tertiary/aromatic N) is 3. The summed E-state index contributed by atoms with van der Waals surface area (Å²) in [5, 5.41) is 13.4. The average molecular weight is 642 g/mol. The van der Waals surface area contributed by atoms with Crippen molar-refractivity contribution in [2.45, 2.75) is 50.2 Å². The van der Waals surface area contributed by atoms with Crippen LogP contribution in [-0.4, -0.2) is 75.3 Å². The van der Waals surface area contributed by atoms with Gasteiger partial charge in [-0.3, -0.25) is 24.6 Å². The predicted molar refractivity (Wildman–Crippen MR) is 165 cm³/mol. The number of thiazole rings is 1. The van der Waals surface area contributed by atoms with E-state index in [2.05, 4.69) is 10.3 Å². The lowest BCUT2D eigenvalue weighted by atomic mass is 9.99. The number of piperazine rings is 1. The van der Waals surface area contributed by atoms with Crippen molar-refractivity contribution >= 4 is 63.9 Å². The van der Waals surface area contributed by atoms with Crippen molar-refractivity contribution in [3.8, 4) is 0 Å². The van der Waals surface area contributed by atoms with Gasteiger partial charge in [-0.25, -0.2) is 4.98 Å². The number of nitrogens with two attached hydrogens (primary N) is 1. The first kappa shape index (κ1) is 30.7. The zero-order valence-corrected chi connectivity index (χ0v) is 25.4. The number of halogens is 2. The first-order valence-electron chi connectivity index (χ1n) is 13.8. The maximum absolute atomic E-state index is 13.6. The van der Waals surface area contributed by atoms with Crippen molar-refractivity contribution in [3.63, 3.8) is 0 Å². The van der Waals surface area contributed by atoms with Crippen LogP contribution in [0.5, 0.6) is 0 Å². The molecule has 3 heterocycles. The molecule has 2 saturated heterocycles. The standard InChI is InChI=1S/C30H30Cl2N6O4S/c31-20-7-6-17(14-21(20)32)4-2-11-37-16-25(39)38-23(8-9-24(38)30(37)42)28(41)36-22(26(40)29-35-10-12-43-29)15-18-3-1-5-19(13-18)27(33)34/h1,3,5-7,10,12-14,22-24H,2,4,8-9,11,15-16H2,(H3,33,34)(H,36,41)/t22?,23-,24-/m0/s1. The molecule has 13 heteroatoms. The number of hydrogen-bond acceptors (Lipinski definition) is 7. The topological polar surface area (TPSA) is 150 Å². The summed E-state index contributed by atoms with van der Waals surface area (Å²) in [6.45, 7) is 0.287. The molecule has 224 valence electrons. The molecule has 0 spiro atoms. The van der Waals surface area contributed by atoms with Crippen molar-refractivity contribution in [3.05, 3.63) is 85.8 Å². The fourth-order valence-electron chi connectivity index (χ4n) is 5.62. The Morgan fingerprint density at radius 2 is 1.93 bits per heavy atom. The van der Waals surface area contributed by atoms with Crippen LogP contribution in [0.2, 0.25) is 10.0 Å². The molecule has 5 rings (SSSR count). The fraction of sp³-hybridized carbons (Fsp3) is 0.333. The van der Waals surface area contributed by atoms with E-state index < -0.39 is 24.0 Å². The van der Waals surface area contributed by atoms with Gasteiger partial charge < -0.3 is 20.9 Å². The van der Waals surface area contributed by atoms with Crippen LogP contribution in [0.1, 0.15) is 45.8 Å². The van der Waals surface area contributed by atoms with Crippen LogP contribution in [0.15, 0.2) is 54.0 Å². The SMILES string of the molecule is N=C(N)c1cccc(CC(NC(=O)[C@@H]2CC[C@H]3C(=O)N(CCCc4ccc(Cl)c(Cl)c4)CC(=O)N23)C(=O)c2nccs2)c1. The highest BCUT2D eigenvalue weighted by atomic mass is 35.5. The van der Waals surface area contributed by atoms with E-state index in [1.54, 1.807) is 46.7 Å². The monoisotopic (exact) mass is 640 g/mol. The molecule has 2 fully saturated rings. The minimum atomic E-state index is -0.964. The molecular formula is C30H30Cl2N6O4S. The predicted octanol–water partition coefficient (Wildman–Crippen LogP) is 3.48. The van der Waals surface area contributed by atoms with Gasteiger partial charge in [0, 0.05) is 30.1 Å². The molecule has 3 aromatic rings. The van der Waals surface area contributed by atoms with Gasteiger partial charge in [-0.05, 0) is 55.0 Å². The number of Topliss-reactive ketones (excluding diaryl/α,β-unsaturated/α-hetero) is 1. The van der Waals surface area contributed by atoms with E-state index in [-0.39, 0.29) is 41.4 Å². The lowest BCUT2D eigenvalue weighted by Crippen LogP contribution is -2.62. The molecule has 3 amide bonds. The van der Waals surface area contributed by atoms with E-state index in [0.29, 0.717) is 53.4 Å². The smallest absolute Gasteiger partial charge is 0.245 e. The highest BCUT2D eigenvalue weighted by molar-refractivity contribution is 7.11. The third-order valence-corrected chi connectivity index (χ3v) is 9.26. The molecular weight excluding hydrogens is 611 g/mol. The first-order chi connectivity index (χ1) is 20.6. The maximum Gasteiger partial charge on any atom is 0.245 e. The van der Waals surface area contributed by atoms with Crippen molar-refractivity contribution in [2.24, 2.45) is 5.73 Å². The molecule has 0 radical (unpaired) electrons. The van der Waals surface area contributed by atoms with E-state index in [0.717, 1.165) is 5.56 Å². The summed E-state index contributed by atoms with van der Waals surface area (Å²) in [7, 11) is 0. The zero-order chi connectivity index (χ0) is 30.7. The van der Waals surface area contributed by atoms with Gasteiger partial charge in [0.05, 0.1) is 22.6 Å². The Morgan fingerprint density at radius 3 is 2.65 bits per heavy atom. The van der Waals surface area contributed by atoms with Crippen molar-refractivity contribution in [1.29, 1.82) is 5.41 Å². The highest BCUT2D eigenvalue weighted by Gasteiger charge is 2.49. The summed E-state index contributed by atoms with van der Waals surface area (Å²) >= 11 is 13.3. The lowest BCUT2D eigenvalue weighted by Gasteiger charge is -2.38. The molecule has 2 aliphatic heterocycles. The molecule has 10 nitrogen and oxygen atoms in total. The molecule has 3 atom stereocenters. The number of rotatable bonds is 11. The molecule has 1 unspecified atom stereocenters. The minimum absolute atomic E-state index is 0.109. The van der Waals surface area contributed by atoms with Gasteiger partial charge in [-0.2, -0.15) is 0 Å². The summed E-state index contributed by atoms with van der Waals surface area (Å²) in [4.78, 5) is 60.6. The number of fused-ring (bicyclic) bond motifs is 1. The van der Waals surface area contributed by atoms with Gasteiger partial charge in [0.25, 0.3) is 0 Å². The van der Waals surface area contributed by atoms with Gasteiger partial charge in [-0.15, -0.1) is 11.3 Å². The summed E-state index contributed by atoms with van der Waals surface area (Å²) in [5.41, 5.74) is 7.82. The largest absolute Gasteiger partial charge is 0.384 e. The normalized spacial score (nSPS) is 18.8. The van der Waals surface area contributed by atoms with E-state index in [4.69, 9.17) is 34.3 Å². The Morgan fingerprint density at radius 1 is 1.12 bits per heavy atom. The first-order valence-corrected chi connectivity index (χ1v) is 15.5. The number of amides is 3. The van der Waals surface area contributed by atoms with Gasteiger partial charge in [0.1, 0.15) is 17.9 Å². The maximum atomic E-state index is 13.6. The number of aryl methyl sites for hydroxylation is 1. The molecule has 1 aromatic heterocycles. The third-order valence-electron chi connectivity index (χ3n) is 7.73. The lowest BCUT2D eigenvalue weighted by molar-refractivity contribution is -0.157. The zero-order valence-electron chi connectivity index (χ0n) is 23.1. The highest BCUT2D eigenvalue weighted by Crippen LogP contribution is 2.30. The number of hydrogen-bond donors (Lipinski definition) is 3. The Hall–Kier alpha value is -3.80. The Kier molecular flexibility index (Phi) is 9.43. The number of ketones is 1. The van der Waals surface area contributed by atoms with Gasteiger partial charge >= 0.3 is 0 Å². The Bertz CT molecular complexity index is 1570. The molecule has 2 aromatic carbocycles. The fourth-order valence-corrected chi connectivity index (χ4v) is 6.57. The van der Waals surface area contributed by atoms with Gasteiger partial charge in [0.2, 0.25) is 23.5 Å². The van der Waals surface area contributed by atoms with Crippen LogP contribution in [-0.2, 0) is 27.2 Å².